The number of halogens is 2. The van der Waals surface area contributed by atoms with Crippen molar-refractivity contribution in [2.45, 2.75) is 51.2 Å². The quantitative estimate of drug-likeness (QED) is 0.889. The van der Waals surface area contributed by atoms with Crippen molar-refractivity contribution in [2.75, 3.05) is 13.1 Å². The van der Waals surface area contributed by atoms with Crippen molar-refractivity contribution < 1.29 is 4.39 Å². The molecule has 1 aliphatic heterocycles. The summed E-state index contributed by atoms with van der Waals surface area (Å²) in [4.78, 5) is 2.56. The summed E-state index contributed by atoms with van der Waals surface area (Å²) in [5.41, 5.74) is 1.04. The van der Waals surface area contributed by atoms with E-state index in [0.717, 1.165) is 31.1 Å². The molecule has 1 aromatic rings. The summed E-state index contributed by atoms with van der Waals surface area (Å²) >= 11 is 6.21. The number of hydrogen-bond donors (Lipinski definition) is 1. The van der Waals surface area contributed by atoms with Crippen molar-refractivity contribution in [2.24, 2.45) is 5.92 Å². The van der Waals surface area contributed by atoms with E-state index in [1.54, 1.807) is 0 Å². The highest BCUT2D eigenvalue weighted by Crippen LogP contribution is 2.37. The van der Waals surface area contributed by atoms with Gasteiger partial charge in [0.2, 0.25) is 0 Å². The Morgan fingerprint density at radius 3 is 2.86 bits per heavy atom. The lowest BCUT2D eigenvalue weighted by molar-refractivity contribution is 0.104. The highest BCUT2D eigenvalue weighted by atomic mass is 35.5. The summed E-state index contributed by atoms with van der Waals surface area (Å²) in [5, 5.41) is 4.25. The molecule has 3 rings (SSSR count). The fraction of sp³-hybridized carbons (Fsp3) is 0.647. The Labute approximate surface area is 131 Å². The van der Waals surface area contributed by atoms with Gasteiger partial charge in [0, 0.05) is 36.7 Å². The molecule has 0 amide bonds. The maximum atomic E-state index is 13.2. The van der Waals surface area contributed by atoms with Crippen molar-refractivity contribution in [3.05, 3.63) is 34.6 Å². The number of hydrogen-bond acceptors (Lipinski definition) is 2. The Morgan fingerprint density at radius 2 is 2.19 bits per heavy atom. The molecular formula is C17H24ClFN2. The maximum Gasteiger partial charge on any atom is 0.124 e. The molecular weight excluding hydrogens is 287 g/mol. The molecule has 2 atom stereocenters. The molecule has 1 N–H and O–H groups in total. The zero-order valence-corrected chi connectivity index (χ0v) is 13.4. The molecule has 1 heterocycles. The number of rotatable bonds is 5. The Morgan fingerprint density at radius 1 is 1.38 bits per heavy atom. The molecule has 0 spiro atoms. The predicted molar refractivity (Wildman–Crippen MR) is 85.0 cm³/mol. The molecule has 2 unspecified atom stereocenters. The van der Waals surface area contributed by atoms with E-state index in [4.69, 9.17) is 11.6 Å². The second-order valence-electron chi connectivity index (χ2n) is 6.46. The van der Waals surface area contributed by atoms with Gasteiger partial charge in [-0.3, -0.25) is 4.90 Å². The molecule has 0 bridgehead atoms. The van der Waals surface area contributed by atoms with Gasteiger partial charge in [-0.15, -0.1) is 0 Å². The van der Waals surface area contributed by atoms with E-state index >= 15 is 0 Å². The molecule has 1 saturated heterocycles. The summed E-state index contributed by atoms with van der Waals surface area (Å²) < 4.78 is 13.2. The lowest BCUT2D eigenvalue weighted by atomic mass is 10.0. The molecule has 2 fully saturated rings. The van der Waals surface area contributed by atoms with Crippen LogP contribution in [0.2, 0.25) is 5.02 Å². The largest absolute Gasteiger partial charge is 0.311 e. The van der Waals surface area contributed by atoms with Gasteiger partial charge in [-0.1, -0.05) is 31.0 Å². The first kappa shape index (κ1) is 15.3. The summed E-state index contributed by atoms with van der Waals surface area (Å²) in [6, 6.07) is 5.95. The number of benzene rings is 1. The lowest BCUT2D eigenvalue weighted by Crippen LogP contribution is -2.56. The van der Waals surface area contributed by atoms with Crippen LogP contribution in [-0.2, 0) is 6.54 Å². The average molecular weight is 311 g/mol. The third kappa shape index (κ3) is 3.77. The molecule has 116 valence electrons. The fourth-order valence-corrected chi connectivity index (χ4v) is 3.66. The molecule has 0 radical (unpaired) electrons. The SMILES string of the molecule is CCCC1CN(Cc2ccc(F)cc2Cl)C(C2CC2)CN1. The first-order chi connectivity index (χ1) is 10.2. The summed E-state index contributed by atoms with van der Waals surface area (Å²) in [6.45, 7) is 5.22. The monoisotopic (exact) mass is 310 g/mol. The zero-order chi connectivity index (χ0) is 14.8. The first-order valence-electron chi connectivity index (χ1n) is 8.08. The van der Waals surface area contributed by atoms with Crippen LogP contribution in [0.3, 0.4) is 0 Å². The van der Waals surface area contributed by atoms with Crippen LogP contribution in [0.5, 0.6) is 0 Å². The minimum absolute atomic E-state index is 0.258. The highest BCUT2D eigenvalue weighted by Gasteiger charge is 2.38. The second kappa shape index (κ2) is 6.64. The molecule has 1 aromatic carbocycles. The topological polar surface area (TPSA) is 15.3 Å². The van der Waals surface area contributed by atoms with Gasteiger partial charge in [0.15, 0.2) is 0 Å². The predicted octanol–water partition coefficient (Wildman–Crippen LogP) is 3.83. The summed E-state index contributed by atoms with van der Waals surface area (Å²) in [6.07, 6.45) is 5.11. The summed E-state index contributed by atoms with van der Waals surface area (Å²) in [5.74, 6) is 0.575. The van der Waals surface area contributed by atoms with Crippen molar-refractivity contribution >= 4 is 11.6 Å². The van der Waals surface area contributed by atoms with Gasteiger partial charge in [-0.25, -0.2) is 4.39 Å². The molecule has 1 saturated carbocycles. The van der Waals surface area contributed by atoms with Crippen LogP contribution >= 0.6 is 11.6 Å². The zero-order valence-electron chi connectivity index (χ0n) is 12.6. The van der Waals surface area contributed by atoms with Gasteiger partial charge in [-0.2, -0.15) is 0 Å². The van der Waals surface area contributed by atoms with Crippen LogP contribution in [0.25, 0.3) is 0 Å². The molecule has 2 nitrogen and oxygen atoms in total. The molecule has 0 aromatic heterocycles. The van der Waals surface area contributed by atoms with Crippen LogP contribution in [0.1, 0.15) is 38.2 Å². The van der Waals surface area contributed by atoms with Crippen molar-refractivity contribution in [1.29, 1.82) is 0 Å². The smallest absolute Gasteiger partial charge is 0.124 e. The maximum absolute atomic E-state index is 13.2. The van der Waals surface area contributed by atoms with Gasteiger partial charge in [-0.05, 0) is 42.9 Å². The van der Waals surface area contributed by atoms with Gasteiger partial charge in [0.05, 0.1) is 0 Å². The lowest BCUT2D eigenvalue weighted by Gasteiger charge is -2.41. The molecule has 2 aliphatic rings. The van der Waals surface area contributed by atoms with Crippen LogP contribution in [0.4, 0.5) is 4.39 Å². The standard InChI is InChI=1S/C17H24ClFN2/c1-2-3-15-11-21(17(9-20-15)12-4-5-12)10-13-6-7-14(19)8-16(13)18/h6-8,12,15,17,20H,2-5,9-11H2,1H3. The minimum atomic E-state index is -0.258. The van der Waals surface area contributed by atoms with Crippen molar-refractivity contribution in [1.82, 2.24) is 10.2 Å². The number of piperazine rings is 1. The fourth-order valence-electron chi connectivity index (χ4n) is 3.44. The van der Waals surface area contributed by atoms with Gasteiger partial charge in [0.25, 0.3) is 0 Å². The van der Waals surface area contributed by atoms with E-state index in [2.05, 4.69) is 17.1 Å². The third-order valence-electron chi connectivity index (χ3n) is 4.73. The Kier molecular flexibility index (Phi) is 4.82. The van der Waals surface area contributed by atoms with Crippen LogP contribution in [0.15, 0.2) is 18.2 Å². The van der Waals surface area contributed by atoms with Gasteiger partial charge in [0.1, 0.15) is 5.82 Å². The van der Waals surface area contributed by atoms with E-state index in [9.17, 15) is 4.39 Å². The van der Waals surface area contributed by atoms with E-state index in [0.29, 0.717) is 17.1 Å². The van der Waals surface area contributed by atoms with E-state index < -0.39 is 0 Å². The number of nitrogens with one attached hydrogen (secondary N) is 1. The Hall–Kier alpha value is -0.640. The molecule has 21 heavy (non-hydrogen) atoms. The third-order valence-corrected chi connectivity index (χ3v) is 5.08. The van der Waals surface area contributed by atoms with Gasteiger partial charge >= 0.3 is 0 Å². The molecule has 1 aliphatic carbocycles. The second-order valence-corrected chi connectivity index (χ2v) is 6.87. The Bertz CT molecular complexity index is 490. The van der Waals surface area contributed by atoms with E-state index in [1.807, 2.05) is 6.07 Å². The number of nitrogens with zero attached hydrogens (tertiary/aromatic N) is 1. The van der Waals surface area contributed by atoms with Crippen LogP contribution in [0, 0.1) is 11.7 Å². The molecule has 4 heteroatoms. The van der Waals surface area contributed by atoms with Crippen LogP contribution < -0.4 is 5.32 Å². The minimum Gasteiger partial charge on any atom is -0.311 e. The average Bonchev–Trinajstić information content (AvgIpc) is 3.27. The van der Waals surface area contributed by atoms with E-state index in [-0.39, 0.29) is 5.82 Å². The van der Waals surface area contributed by atoms with Crippen molar-refractivity contribution in [3.8, 4) is 0 Å². The van der Waals surface area contributed by atoms with E-state index in [1.165, 1.54) is 37.8 Å². The van der Waals surface area contributed by atoms with Crippen LogP contribution in [-0.4, -0.2) is 30.1 Å². The highest BCUT2D eigenvalue weighted by molar-refractivity contribution is 6.31. The summed E-state index contributed by atoms with van der Waals surface area (Å²) in [7, 11) is 0. The van der Waals surface area contributed by atoms with Crippen molar-refractivity contribution in [3.63, 3.8) is 0 Å². The Balaban J connectivity index is 1.72. The first-order valence-corrected chi connectivity index (χ1v) is 8.46. The van der Waals surface area contributed by atoms with Gasteiger partial charge < -0.3 is 5.32 Å². The normalized spacial score (nSPS) is 27.0.